The molecule has 0 radical (unpaired) electrons. The van der Waals surface area contributed by atoms with Crippen LogP contribution in [0.25, 0.3) is 0 Å². The van der Waals surface area contributed by atoms with Crippen molar-refractivity contribution in [2.45, 2.75) is 30.3 Å². The number of carbonyl (C=O) groups excluding carboxylic acids is 1. The summed E-state index contributed by atoms with van der Waals surface area (Å²) in [6, 6.07) is 18.9. The average Bonchev–Trinajstić information content (AvgIpc) is 2.68. The Hall–Kier alpha value is -1.78. The van der Waals surface area contributed by atoms with E-state index in [4.69, 9.17) is 0 Å². The third kappa shape index (κ3) is 4.65. The molecule has 1 amide bonds. The molecule has 0 aliphatic carbocycles. The van der Waals surface area contributed by atoms with E-state index >= 15 is 0 Å². The molecule has 2 aromatic rings. The quantitative estimate of drug-likeness (QED) is 0.754. The van der Waals surface area contributed by atoms with E-state index in [1.54, 1.807) is 11.8 Å². The Morgan fingerprint density at radius 2 is 1.88 bits per heavy atom. The van der Waals surface area contributed by atoms with Crippen LogP contribution in [-0.2, 0) is 6.54 Å². The highest BCUT2D eigenvalue weighted by Gasteiger charge is 2.26. The molecule has 1 aliphatic heterocycles. The van der Waals surface area contributed by atoms with Crippen molar-refractivity contribution in [2.75, 3.05) is 26.4 Å². The Morgan fingerprint density at radius 1 is 1.16 bits per heavy atom. The first-order chi connectivity index (χ1) is 12.2. The number of thioether (sulfide) groups is 1. The fourth-order valence-corrected chi connectivity index (χ4v) is 3.82. The Kier molecular flexibility index (Phi) is 6.16. The molecular formula is C21H26N2OS. The first kappa shape index (κ1) is 18.0. The normalized spacial score (nSPS) is 17.7. The second-order valence-electron chi connectivity index (χ2n) is 6.68. The molecule has 4 heteroatoms. The van der Waals surface area contributed by atoms with E-state index in [0.717, 1.165) is 38.0 Å². The second-order valence-corrected chi connectivity index (χ2v) is 7.56. The molecule has 1 saturated heterocycles. The van der Waals surface area contributed by atoms with Crippen molar-refractivity contribution in [3.05, 3.63) is 65.7 Å². The Balaban J connectivity index is 1.62. The van der Waals surface area contributed by atoms with Crippen molar-refractivity contribution >= 4 is 17.7 Å². The highest BCUT2D eigenvalue weighted by molar-refractivity contribution is 7.98. The topological polar surface area (TPSA) is 23.6 Å². The fraction of sp³-hybridized carbons (Fsp3) is 0.381. The summed E-state index contributed by atoms with van der Waals surface area (Å²) >= 11 is 1.70. The maximum absolute atomic E-state index is 12.8. The Morgan fingerprint density at radius 3 is 2.56 bits per heavy atom. The molecule has 0 aromatic heterocycles. The van der Waals surface area contributed by atoms with Gasteiger partial charge in [0.15, 0.2) is 0 Å². The largest absolute Gasteiger partial charge is 0.337 e. The molecule has 132 valence electrons. The van der Waals surface area contributed by atoms with Gasteiger partial charge in [-0.15, -0.1) is 11.8 Å². The van der Waals surface area contributed by atoms with E-state index in [1.807, 2.05) is 35.2 Å². The molecular weight excluding hydrogens is 328 g/mol. The molecule has 0 bridgehead atoms. The zero-order chi connectivity index (χ0) is 17.6. The van der Waals surface area contributed by atoms with Crippen LogP contribution in [0.1, 0.15) is 28.8 Å². The third-order valence-electron chi connectivity index (χ3n) is 4.92. The first-order valence-corrected chi connectivity index (χ1v) is 10.1. The smallest absolute Gasteiger partial charge is 0.253 e. The molecule has 3 nitrogen and oxygen atoms in total. The maximum atomic E-state index is 12.8. The second kappa shape index (κ2) is 8.54. The maximum Gasteiger partial charge on any atom is 0.253 e. The summed E-state index contributed by atoms with van der Waals surface area (Å²) in [6.07, 6.45) is 4.27. The zero-order valence-corrected chi connectivity index (χ0v) is 15.8. The average molecular weight is 355 g/mol. The van der Waals surface area contributed by atoms with Crippen LogP contribution in [0.2, 0.25) is 0 Å². The van der Waals surface area contributed by atoms with Crippen LogP contribution in [0.15, 0.2) is 59.5 Å². The van der Waals surface area contributed by atoms with Gasteiger partial charge in [-0.2, -0.15) is 0 Å². The van der Waals surface area contributed by atoms with Crippen molar-refractivity contribution in [3.8, 4) is 0 Å². The van der Waals surface area contributed by atoms with Crippen LogP contribution in [0.3, 0.4) is 0 Å². The van der Waals surface area contributed by atoms with E-state index in [-0.39, 0.29) is 5.91 Å². The lowest BCUT2D eigenvalue weighted by molar-refractivity contribution is 0.0602. The van der Waals surface area contributed by atoms with Crippen molar-refractivity contribution in [1.82, 2.24) is 9.80 Å². The summed E-state index contributed by atoms with van der Waals surface area (Å²) in [5.74, 6) is 0.158. The zero-order valence-electron chi connectivity index (χ0n) is 15.0. The van der Waals surface area contributed by atoms with Gasteiger partial charge in [-0.1, -0.05) is 30.3 Å². The van der Waals surface area contributed by atoms with Crippen molar-refractivity contribution in [1.29, 1.82) is 0 Å². The third-order valence-corrected chi connectivity index (χ3v) is 5.66. The number of benzene rings is 2. The first-order valence-electron chi connectivity index (χ1n) is 8.85. The molecule has 1 atom stereocenters. The van der Waals surface area contributed by atoms with Gasteiger partial charge in [0.1, 0.15) is 0 Å². The van der Waals surface area contributed by atoms with Crippen molar-refractivity contribution in [3.63, 3.8) is 0 Å². The molecule has 2 aromatic carbocycles. The van der Waals surface area contributed by atoms with E-state index in [1.165, 1.54) is 10.5 Å². The van der Waals surface area contributed by atoms with Gasteiger partial charge in [-0.3, -0.25) is 9.69 Å². The Labute approximate surface area is 155 Å². The van der Waals surface area contributed by atoms with Crippen LogP contribution < -0.4 is 0 Å². The van der Waals surface area contributed by atoms with Gasteiger partial charge < -0.3 is 4.90 Å². The standard InChI is InChI=1S/C21H26N2OS/c1-22(15-17-7-4-3-5-8-17)19-9-6-14-23(16-19)21(24)18-10-12-20(25-2)13-11-18/h3-5,7-8,10-13,19H,6,9,14-16H2,1-2H3. The molecule has 0 spiro atoms. The van der Waals surface area contributed by atoms with Gasteiger partial charge >= 0.3 is 0 Å². The summed E-state index contributed by atoms with van der Waals surface area (Å²) in [5.41, 5.74) is 2.12. The van der Waals surface area contributed by atoms with Crippen LogP contribution in [-0.4, -0.2) is 48.1 Å². The number of hydrogen-bond donors (Lipinski definition) is 0. The number of rotatable bonds is 5. The van der Waals surface area contributed by atoms with Crippen LogP contribution in [0.4, 0.5) is 0 Å². The summed E-state index contributed by atoms with van der Waals surface area (Å²) < 4.78 is 0. The van der Waals surface area contributed by atoms with E-state index in [2.05, 4.69) is 42.5 Å². The summed E-state index contributed by atoms with van der Waals surface area (Å²) in [6.45, 7) is 2.60. The number of carbonyl (C=O) groups is 1. The molecule has 0 saturated carbocycles. The van der Waals surface area contributed by atoms with Gasteiger partial charge in [-0.05, 0) is 56.0 Å². The number of likely N-dealkylation sites (N-methyl/N-ethyl adjacent to an activating group) is 1. The molecule has 3 rings (SSSR count). The van der Waals surface area contributed by atoms with Gasteiger partial charge in [0, 0.05) is 36.1 Å². The summed E-state index contributed by atoms with van der Waals surface area (Å²) in [7, 11) is 2.17. The monoisotopic (exact) mass is 354 g/mol. The number of hydrogen-bond acceptors (Lipinski definition) is 3. The molecule has 0 N–H and O–H groups in total. The van der Waals surface area contributed by atoms with Crippen LogP contribution >= 0.6 is 11.8 Å². The van der Waals surface area contributed by atoms with Crippen LogP contribution in [0.5, 0.6) is 0 Å². The minimum Gasteiger partial charge on any atom is -0.337 e. The SMILES string of the molecule is CSc1ccc(C(=O)N2CCCC(N(C)Cc3ccccc3)C2)cc1. The molecule has 25 heavy (non-hydrogen) atoms. The minimum atomic E-state index is 0.158. The van der Waals surface area contributed by atoms with Crippen molar-refractivity contribution in [2.24, 2.45) is 0 Å². The lowest BCUT2D eigenvalue weighted by Gasteiger charge is -2.37. The van der Waals surface area contributed by atoms with Crippen molar-refractivity contribution < 1.29 is 4.79 Å². The van der Waals surface area contributed by atoms with Gasteiger partial charge in [0.2, 0.25) is 0 Å². The fourth-order valence-electron chi connectivity index (χ4n) is 3.42. The van der Waals surface area contributed by atoms with E-state index in [9.17, 15) is 4.79 Å². The summed E-state index contributed by atoms with van der Waals surface area (Å²) in [5, 5.41) is 0. The predicted octanol–water partition coefficient (Wildman–Crippen LogP) is 4.15. The molecule has 1 heterocycles. The molecule has 1 unspecified atom stereocenters. The number of nitrogens with zero attached hydrogens (tertiary/aromatic N) is 2. The highest BCUT2D eigenvalue weighted by Crippen LogP contribution is 2.20. The number of amides is 1. The van der Waals surface area contributed by atoms with Gasteiger partial charge in [-0.25, -0.2) is 0 Å². The van der Waals surface area contributed by atoms with Crippen LogP contribution in [0, 0.1) is 0 Å². The van der Waals surface area contributed by atoms with Gasteiger partial charge in [0.05, 0.1) is 0 Å². The lowest BCUT2D eigenvalue weighted by Crippen LogP contribution is -2.48. The number of likely N-dealkylation sites (tertiary alicyclic amines) is 1. The highest BCUT2D eigenvalue weighted by atomic mass is 32.2. The summed E-state index contributed by atoms with van der Waals surface area (Å²) in [4.78, 5) is 18.4. The molecule has 1 aliphatic rings. The minimum absolute atomic E-state index is 0.158. The van der Waals surface area contributed by atoms with E-state index < -0.39 is 0 Å². The predicted molar refractivity (Wildman–Crippen MR) is 105 cm³/mol. The number of piperidine rings is 1. The van der Waals surface area contributed by atoms with Gasteiger partial charge in [0.25, 0.3) is 5.91 Å². The lowest BCUT2D eigenvalue weighted by atomic mass is 10.0. The van der Waals surface area contributed by atoms with E-state index in [0.29, 0.717) is 6.04 Å². The molecule has 1 fully saturated rings. The Bertz CT molecular complexity index is 687.